The van der Waals surface area contributed by atoms with Gasteiger partial charge in [-0.1, -0.05) is 0 Å². The van der Waals surface area contributed by atoms with Gasteiger partial charge in [-0.3, -0.25) is 14.5 Å². The molecular formula is C17H32N4O4. The molecule has 0 radical (unpaired) electrons. The molecule has 0 bridgehead atoms. The number of nitrogens with one attached hydrogen (secondary N) is 1. The molecule has 1 N–H and O–H groups in total. The van der Waals surface area contributed by atoms with Gasteiger partial charge in [0, 0.05) is 40.3 Å². The number of hydrogen-bond donors (Lipinski definition) is 1. The summed E-state index contributed by atoms with van der Waals surface area (Å²) >= 11 is 0. The minimum Gasteiger partial charge on any atom is -0.444 e. The third kappa shape index (κ3) is 6.89. The van der Waals surface area contributed by atoms with Crippen LogP contribution in [0, 0.1) is 0 Å². The molecular weight excluding hydrogens is 324 g/mol. The summed E-state index contributed by atoms with van der Waals surface area (Å²) in [6.45, 7) is 11.3. The van der Waals surface area contributed by atoms with Crippen LogP contribution in [-0.4, -0.2) is 90.6 Å². The number of rotatable bonds is 4. The summed E-state index contributed by atoms with van der Waals surface area (Å²) in [5.74, 6) is -0.108. The van der Waals surface area contributed by atoms with Crippen molar-refractivity contribution in [3.05, 3.63) is 0 Å². The van der Waals surface area contributed by atoms with Gasteiger partial charge in [-0.15, -0.1) is 0 Å². The molecule has 8 heteroatoms. The molecule has 3 amide bonds. The normalized spacial score (nSPS) is 16.4. The van der Waals surface area contributed by atoms with E-state index in [1.165, 1.54) is 0 Å². The Hall–Kier alpha value is -1.83. The molecule has 1 rings (SSSR count). The van der Waals surface area contributed by atoms with Crippen molar-refractivity contribution >= 4 is 17.9 Å². The van der Waals surface area contributed by atoms with Gasteiger partial charge in [-0.05, 0) is 34.6 Å². The van der Waals surface area contributed by atoms with Gasteiger partial charge in [0.15, 0.2) is 0 Å². The second-order valence-electron chi connectivity index (χ2n) is 8.11. The lowest BCUT2D eigenvalue weighted by molar-refractivity contribution is -0.139. The Balaban J connectivity index is 2.54. The second kappa shape index (κ2) is 8.03. The van der Waals surface area contributed by atoms with Crippen LogP contribution in [0.2, 0.25) is 0 Å². The van der Waals surface area contributed by atoms with Crippen LogP contribution < -0.4 is 5.32 Å². The third-order valence-electron chi connectivity index (χ3n) is 3.87. The van der Waals surface area contributed by atoms with Crippen molar-refractivity contribution < 1.29 is 19.1 Å². The molecule has 1 heterocycles. The van der Waals surface area contributed by atoms with Crippen LogP contribution in [0.1, 0.15) is 34.6 Å². The Kier molecular flexibility index (Phi) is 6.82. The minimum absolute atomic E-state index is 0.0479. The predicted octanol–water partition coefficient (Wildman–Crippen LogP) is 0.522. The van der Waals surface area contributed by atoms with Gasteiger partial charge in [0.05, 0.1) is 6.54 Å². The van der Waals surface area contributed by atoms with Gasteiger partial charge in [-0.25, -0.2) is 4.79 Å². The van der Waals surface area contributed by atoms with Crippen molar-refractivity contribution in [3.63, 3.8) is 0 Å². The van der Waals surface area contributed by atoms with Crippen LogP contribution in [0.3, 0.4) is 0 Å². The maximum Gasteiger partial charge on any atom is 0.408 e. The molecule has 0 spiro atoms. The Morgan fingerprint density at radius 1 is 1.00 bits per heavy atom. The summed E-state index contributed by atoms with van der Waals surface area (Å²) in [6, 6.07) is 0. The predicted molar refractivity (Wildman–Crippen MR) is 95.2 cm³/mol. The Bertz CT molecular complexity index is 503. The fourth-order valence-electron chi connectivity index (χ4n) is 2.45. The maximum absolute atomic E-state index is 12.7. The number of carbonyl (C=O) groups is 3. The highest BCUT2D eigenvalue weighted by molar-refractivity contribution is 5.89. The lowest BCUT2D eigenvalue weighted by Crippen LogP contribution is -2.60. The molecule has 144 valence electrons. The smallest absolute Gasteiger partial charge is 0.408 e. The molecule has 0 aromatic rings. The van der Waals surface area contributed by atoms with E-state index in [0.29, 0.717) is 32.7 Å². The lowest BCUT2D eigenvalue weighted by atomic mass is 10.0. The van der Waals surface area contributed by atoms with Gasteiger partial charge in [0.1, 0.15) is 11.1 Å². The number of carbonyl (C=O) groups excluding carboxylic acids is 3. The first-order valence-corrected chi connectivity index (χ1v) is 8.55. The summed E-state index contributed by atoms with van der Waals surface area (Å²) in [5.41, 5.74) is -1.67. The van der Waals surface area contributed by atoms with Crippen LogP contribution in [0.15, 0.2) is 0 Å². The van der Waals surface area contributed by atoms with Crippen LogP contribution in [-0.2, 0) is 14.3 Å². The molecule has 0 atom stereocenters. The van der Waals surface area contributed by atoms with Crippen molar-refractivity contribution in [1.29, 1.82) is 0 Å². The van der Waals surface area contributed by atoms with Gasteiger partial charge in [0.25, 0.3) is 0 Å². The first kappa shape index (κ1) is 21.2. The average molecular weight is 356 g/mol. The van der Waals surface area contributed by atoms with Gasteiger partial charge < -0.3 is 19.9 Å². The zero-order valence-electron chi connectivity index (χ0n) is 16.5. The van der Waals surface area contributed by atoms with Crippen LogP contribution >= 0.6 is 0 Å². The number of amides is 3. The number of piperazine rings is 1. The number of ether oxygens (including phenoxy) is 1. The molecule has 0 aromatic heterocycles. The van der Waals surface area contributed by atoms with E-state index in [1.54, 1.807) is 58.5 Å². The molecule has 1 aliphatic rings. The topological polar surface area (TPSA) is 82.2 Å². The van der Waals surface area contributed by atoms with Crippen molar-refractivity contribution in [2.24, 2.45) is 0 Å². The van der Waals surface area contributed by atoms with Crippen molar-refractivity contribution in [2.45, 2.75) is 45.8 Å². The fourth-order valence-corrected chi connectivity index (χ4v) is 2.45. The van der Waals surface area contributed by atoms with Crippen molar-refractivity contribution in [1.82, 2.24) is 20.0 Å². The molecule has 1 aliphatic heterocycles. The van der Waals surface area contributed by atoms with E-state index in [1.807, 2.05) is 4.90 Å². The first-order chi connectivity index (χ1) is 11.3. The summed E-state index contributed by atoms with van der Waals surface area (Å²) in [4.78, 5) is 41.7. The van der Waals surface area contributed by atoms with E-state index in [2.05, 4.69) is 5.32 Å². The van der Waals surface area contributed by atoms with Crippen LogP contribution in [0.4, 0.5) is 4.79 Å². The zero-order chi connectivity index (χ0) is 19.4. The highest BCUT2D eigenvalue weighted by Crippen LogP contribution is 2.14. The fraction of sp³-hybridized carbons (Fsp3) is 0.824. The number of alkyl carbamates (subject to hydrolysis) is 1. The zero-order valence-corrected chi connectivity index (χ0v) is 16.5. The lowest BCUT2D eigenvalue weighted by Gasteiger charge is -2.38. The van der Waals surface area contributed by atoms with E-state index in [-0.39, 0.29) is 11.8 Å². The molecule has 0 aliphatic carbocycles. The largest absolute Gasteiger partial charge is 0.444 e. The summed E-state index contributed by atoms with van der Waals surface area (Å²) < 4.78 is 5.22. The van der Waals surface area contributed by atoms with E-state index < -0.39 is 17.2 Å². The first-order valence-electron chi connectivity index (χ1n) is 8.55. The standard InChI is InChI=1S/C17H32N4O4/c1-16(2,3)25-15(24)18-17(4,5)14(23)21-10-8-20(9-11-21)12-13(22)19(6)7/h8-12H2,1-7H3,(H,18,24). The van der Waals surface area contributed by atoms with Gasteiger partial charge in [0.2, 0.25) is 11.8 Å². The number of likely N-dealkylation sites (N-methyl/N-ethyl adjacent to an activating group) is 1. The van der Waals surface area contributed by atoms with E-state index >= 15 is 0 Å². The minimum atomic E-state index is -1.05. The van der Waals surface area contributed by atoms with E-state index in [9.17, 15) is 14.4 Å². The van der Waals surface area contributed by atoms with Crippen molar-refractivity contribution in [2.75, 3.05) is 46.8 Å². The van der Waals surface area contributed by atoms with Gasteiger partial charge in [-0.2, -0.15) is 0 Å². The summed E-state index contributed by atoms with van der Waals surface area (Å²) in [6.07, 6.45) is -0.610. The van der Waals surface area contributed by atoms with Crippen molar-refractivity contribution in [3.8, 4) is 0 Å². The molecule has 1 saturated heterocycles. The average Bonchev–Trinajstić information content (AvgIpc) is 2.44. The molecule has 0 unspecified atom stereocenters. The summed E-state index contributed by atoms with van der Waals surface area (Å²) in [7, 11) is 3.46. The molecule has 1 fully saturated rings. The van der Waals surface area contributed by atoms with Gasteiger partial charge >= 0.3 is 6.09 Å². The molecule has 25 heavy (non-hydrogen) atoms. The molecule has 8 nitrogen and oxygen atoms in total. The van der Waals surface area contributed by atoms with Crippen LogP contribution in [0.5, 0.6) is 0 Å². The Labute approximate surface area is 150 Å². The molecule has 0 saturated carbocycles. The monoisotopic (exact) mass is 356 g/mol. The van der Waals surface area contributed by atoms with Crippen LogP contribution in [0.25, 0.3) is 0 Å². The SMILES string of the molecule is CN(C)C(=O)CN1CCN(C(=O)C(C)(C)NC(=O)OC(C)(C)C)CC1. The molecule has 0 aromatic carbocycles. The number of hydrogen-bond acceptors (Lipinski definition) is 5. The van der Waals surface area contributed by atoms with E-state index in [4.69, 9.17) is 4.74 Å². The number of nitrogens with zero attached hydrogens (tertiary/aromatic N) is 3. The van der Waals surface area contributed by atoms with E-state index in [0.717, 1.165) is 0 Å². The third-order valence-corrected chi connectivity index (χ3v) is 3.87. The Morgan fingerprint density at radius 3 is 1.96 bits per heavy atom. The Morgan fingerprint density at radius 2 is 1.52 bits per heavy atom. The maximum atomic E-state index is 12.7. The highest BCUT2D eigenvalue weighted by atomic mass is 16.6. The summed E-state index contributed by atoms with van der Waals surface area (Å²) in [5, 5.41) is 2.64. The second-order valence-corrected chi connectivity index (χ2v) is 8.11. The quantitative estimate of drug-likeness (QED) is 0.794. The highest BCUT2D eigenvalue weighted by Gasteiger charge is 2.36.